The largest absolute Gasteiger partial charge is 0.368 e. The summed E-state index contributed by atoms with van der Waals surface area (Å²) in [6.07, 6.45) is 11.3. The number of urea groups is 1. The number of anilines is 2. The van der Waals surface area contributed by atoms with Crippen LogP contribution in [0.3, 0.4) is 0 Å². The van der Waals surface area contributed by atoms with E-state index in [1.807, 2.05) is 17.6 Å². The fourth-order valence-corrected chi connectivity index (χ4v) is 5.06. The van der Waals surface area contributed by atoms with Gasteiger partial charge in [0.2, 0.25) is 0 Å². The number of hydrogen-bond donors (Lipinski definition) is 3. The number of rotatable bonds is 6. The Morgan fingerprint density at radius 2 is 2.00 bits per heavy atom. The summed E-state index contributed by atoms with van der Waals surface area (Å²) in [6.45, 7) is 0.750. The molecular formula is C19H24N6OS2. The van der Waals surface area contributed by atoms with Gasteiger partial charge in [-0.1, -0.05) is 25.7 Å². The first-order chi connectivity index (χ1) is 13.8. The number of nitrogens with one attached hydrogen (secondary N) is 3. The number of aromatic nitrogens is 3. The Morgan fingerprint density at radius 1 is 1.14 bits per heavy atom. The maximum Gasteiger partial charge on any atom is 0.321 e. The SMILES string of the molecule is O=C(Nc1ncc(CCNc2ncnc3ccsc23)s1)NC1CCCCCC1. The molecule has 148 valence electrons. The van der Waals surface area contributed by atoms with E-state index in [9.17, 15) is 4.79 Å². The number of thiazole rings is 1. The number of thiophene rings is 1. The van der Waals surface area contributed by atoms with Crippen LogP contribution in [0.2, 0.25) is 0 Å². The van der Waals surface area contributed by atoms with Crippen molar-refractivity contribution < 1.29 is 4.79 Å². The van der Waals surface area contributed by atoms with E-state index >= 15 is 0 Å². The molecule has 1 saturated carbocycles. The topological polar surface area (TPSA) is 91.8 Å². The highest BCUT2D eigenvalue weighted by Crippen LogP contribution is 2.25. The van der Waals surface area contributed by atoms with Crippen molar-refractivity contribution in [2.24, 2.45) is 0 Å². The minimum absolute atomic E-state index is 0.146. The van der Waals surface area contributed by atoms with E-state index in [-0.39, 0.29) is 12.1 Å². The standard InChI is InChI=1S/C19H24N6OS2/c26-18(24-13-5-3-1-2-4-6-13)25-19-21-11-14(28-19)7-9-20-17-16-15(8-10-27-16)22-12-23-17/h8,10-13H,1-7,9H2,(H,20,22,23)(H2,21,24,25,26). The molecule has 4 rings (SSSR count). The van der Waals surface area contributed by atoms with Crippen molar-refractivity contribution in [2.75, 3.05) is 17.2 Å². The Balaban J connectivity index is 1.25. The molecular weight excluding hydrogens is 392 g/mol. The van der Waals surface area contributed by atoms with Crippen LogP contribution in [-0.2, 0) is 6.42 Å². The zero-order chi connectivity index (χ0) is 19.2. The van der Waals surface area contributed by atoms with Gasteiger partial charge in [0.1, 0.15) is 12.1 Å². The molecule has 0 aromatic carbocycles. The summed E-state index contributed by atoms with van der Waals surface area (Å²) >= 11 is 3.15. The van der Waals surface area contributed by atoms with Gasteiger partial charge in [0.25, 0.3) is 0 Å². The predicted octanol–water partition coefficient (Wildman–Crippen LogP) is 4.65. The molecule has 0 bridgehead atoms. The highest BCUT2D eigenvalue weighted by molar-refractivity contribution is 7.17. The lowest BCUT2D eigenvalue weighted by Gasteiger charge is -2.15. The van der Waals surface area contributed by atoms with Gasteiger partial charge in [-0.05, 0) is 24.3 Å². The molecule has 2 amide bonds. The van der Waals surface area contributed by atoms with E-state index in [1.54, 1.807) is 17.7 Å². The highest BCUT2D eigenvalue weighted by atomic mass is 32.1. The average molecular weight is 417 g/mol. The van der Waals surface area contributed by atoms with Crippen LogP contribution < -0.4 is 16.0 Å². The van der Waals surface area contributed by atoms with Crippen molar-refractivity contribution >= 4 is 49.9 Å². The lowest BCUT2D eigenvalue weighted by Crippen LogP contribution is -2.37. The molecule has 3 heterocycles. The molecule has 0 aliphatic heterocycles. The monoisotopic (exact) mass is 416 g/mol. The molecule has 3 aromatic heterocycles. The number of nitrogens with zero attached hydrogens (tertiary/aromatic N) is 3. The zero-order valence-electron chi connectivity index (χ0n) is 15.6. The molecule has 0 atom stereocenters. The van der Waals surface area contributed by atoms with Crippen molar-refractivity contribution in [3.8, 4) is 0 Å². The van der Waals surface area contributed by atoms with Crippen LogP contribution in [0, 0.1) is 0 Å². The van der Waals surface area contributed by atoms with Gasteiger partial charge in [0, 0.05) is 30.1 Å². The molecule has 0 spiro atoms. The Morgan fingerprint density at radius 3 is 2.86 bits per heavy atom. The van der Waals surface area contributed by atoms with Gasteiger partial charge in [0.15, 0.2) is 5.13 Å². The van der Waals surface area contributed by atoms with E-state index < -0.39 is 0 Å². The molecule has 1 aliphatic carbocycles. The Bertz CT molecular complexity index is 916. The van der Waals surface area contributed by atoms with Crippen molar-refractivity contribution in [1.82, 2.24) is 20.3 Å². The van der Waals surface area contributed by atoms with Gasteiger partial charge in [-0.2, -0.15) is 0 Å². The van der Waals surface area contributed by atoms with Crippen LogP contribution in [0.5, 0.6) is 0 Å². The molecule has 1 aliphatic rings. The number of carbonyl (C=O) groups is 1. The summed E-state index contributed by atoms with van der Waals surface area (Å²) in [5.74, 6) is 0.866. The number of hydrogen-bond acceptors (Lipinski definition) is 7. The van der Waals surface area contributed by atoms with E-state index in [0.29, 0.717) is 5.13 Å². The lowest BCUT2D eigenvalue weighted by atomic mass is 10.1. The first-order valence-corrected chi connectivity index (χ1v) is 11.4. The van der Waals surface area contributed by atoms with Gasteiger partial charge < -0.3 is 10.6 Å². The maximum absolute atomic E-state index is 12.2. The van der Waals surface area contributed by atoms with Gasteiger partial charge in [-0.3, -0.25) is 5.32 Å². The third-order valence-corrected chi connectivity index (χ3v) is 6.75. The first-order valence-electron chi connectivity index (χ1n) is 9.72. The molecule has 0 unspecified atom stereocenters. The van der Waals surface area contributed by atoms with Crippen LogP contribution >= 0.6 is 22.7 Å². The minimum atomic E-state index is -0.146. The normalized spacial score (nSPS) is 15.3. The van der Waals surface area contributed by atoms with E-state index in [2.05, 4.69) is 30.9 Å². The van der Waals surface area contributed by atoms with Gasteiger partial charge in [0.05, 0.1) is 10.2 Å². The van der Waals surface area contributed by atoms with E-state index in [0.717, 1.165) is 46.7 Å². The lowest BCUT2D eigenvalue weighted by molar-refractivity contribution is 0.247. The van der Waals surface area contributed by atoms with E-state index in [4.69, 9.17) is 0 Å². The van der Waals surface area contributed by atoms with Crippen LogP contribution in [0.25, 0.3) is 10.2 Å². The third kappa shape index (κ3) is 4.96. The smallest absolute Gasteiger partial charge is 0.321 e. The Labute approximate surface area is 172 Å². The molecule has 1 fully saturated rings. The predicted molar refractivity (Wildman–Crippen MR) is 115 cm³/mol. The van der Waals surface area contributed by atoms with Gasteiger partial charge >= 0.3 is 6.03 Å². The average Bonchev–Trinajstić information content (AvgIpc) is 3.27. The molecule has 0 saturated heterocycles. The maximum atomic E-state index is 12.2. The van der Waals surface area contributed by atoms with Crippen molar-refractivity contribution in [1.29, 1.82) is 0 Å². The molecule has 3 aromatic rings. The Kier molecular flexibility index (Phi) is 6.33. The summed E-state index contributed by atoms with van der Waals surface area (Å²) in [5.41, 5.74) is 0.964. The quantitative estimate of drug-likeness (QED) is 0.509. The number of amides is 2. The fraction of sp³-hybridized carbons (Fsp3) is 0.474. The van der Waals surface area contributed by atoms with Gasteiger partial charge in [-0.25, -0.2) is 19.7 Å². The van der Waals surface area contributed by atoms with Gasteiger partial charge in [-0.15, -0.1) is 22.7 Å². The molecule has 0 radical (unpaired) electrons. The van der Waals surface area contributed by atoms with Crippen molar-refractivity contribution in [3.05, 3.63) is 28.8 Å². The van der Waals surface area contributed by atoms with E-state index in [1.165, 1.54) is 37.0 Å². The van der Waals surface area contributed by atoms with Crippen LogP contribution in [0.15, 0.2) is 24.0 Å². The summed E-state index contributed by atoms with van der Waals surface area (Å²) < 4.78 is 1.07. The molecule has 3 N–H and O–H groups in total. The number of fused-ring (bicyclic) bond motifs is 1. The minimum Gasteiger partial charge on any atom is -0.368 e. The Hall–Kier alpha value is -2.26. The molecule has 9 heteroatoms. The molecule has 7 nitrogen and oxygen atoms in total. The second kappa shape index (κ2) is 9.29. The molecule has 28 heavy (non-hydrogen) atoms. The van der Waals surface area contributed by atoms with Crippen LogP contribution in [0.1, 0.15) is 43.4 Å². The second-order valence-corrected chi connectivity index (χ2v) is 8.98. The summed E-state index contributed by atoms with van der Waals surface area (Å²) in [5, 5.41) is 12.0. The van der Waals surface area contributed by atoms with Crippen molar-refractivity contribution in [3.63, 3.8) is 0 Å². The second-order valence-electron chi connectivity index (χ2n) is 6.95. The zero-order valence-corrected chi connectivity index (χ0v) is 17.2. The summed E-state index contributed by atoms with van der Waals surface area (Å²) in [7, 11) is 0. The first kappa shape index (κ1) is 19.1. The fourth-order valence-electron chi connectivity index (χ4n) is 3.44. The summed E-state index contributed by atoms with van der Waals surface area (Å²) in [4.78, 5) is 26.2. The number of carbonyl (C=O) groups excluding carboxylic acids is 1. The summed E-state index contributed by atoms with van der Waals surface area (Å²) in [6, 6.07) is 2.13. The van der Waals surface area contributed by atoms with Crippen LogP contribution in [-0.4, -0.2) is 33.6 Å². The third-order valence-electron chi connectivity index (χ3n) is 4.87. The van der Waals surface area contributed by atoms with Crippen molar-refractivity contribution in [2.45, 2.75) is 51.0 Å². The van der Waals surface area contributed by atoms with Crippen LogP contribution in [0.4, 0.5) is 15.7 Å². The highest BCUT2D eigenvalue weighted by Gasteiger charge is 2.15.